The lowest BCUT2D eigenvalue weighted by molar-refractivity contribution is 0.836. The highest BCUT2D eigenvalue weighted by Gasteiger charge is 2.08. The molecule has 0 atom stereocenters. The first-order chi connectivity index (χ1) is 7.15. The van der Waals surface area contributed by atoms with Crippen LogP contribution in [-0.2, 0) is 0 Å². The van der Waals surface area contributed by atoms with Crippen LogP contribution in [0, 0.1) is 0 Å². The highest BCUT2D eigenvalue weighted by molar-refractivity contribution is 7.80. The summed E-state index contributed by atoms with van der Waals surface area (Å²) in [5.41, 5.74) is 6.45. The van der Waals surface area contributed by atoms with E-state index in [0.717, 1.165) is 18.8 Å². The number of nitrogens with zero attached hydrogens (tertiary/aromatic N) is 2. The molecule has 82 valence electrons. The maximum atomic E-state index is 6.04. The van der Waals surface area contributed by atoms with Crippen LogP contribution in [0.4, 0.5) is 5.69 Å². The number of anilines is 1. The third-order valence-corrected chi connectivity index (χ3v) is 2.60. The quantitative estimate of drug-likeness (QED) is 0.806. The Hall–Kier alpha value is -0.870. The van der Waals surface area contributed by atoms with E-state index in [1.807, 2.05) is 6.07 Å². The SMILES string of the molecule is CCN(CCC(N)=S)c1ccncc1Cl. The molecule has 0 amide bonds. The molecule has 3 nitrogen and oxygen atoms in total. The van der Waals surface area contributed by atoms with Gasteiger partial charge in [-0.2, -0.15) is 0 Å². The van der Waals surface area contributed by atoms with Gasteiger partial charge in [-0.1, -0.05) is 23.8 Å². The van der Waals surface area contributed by atoms with Crippen LogP contribution in [0.3, 0.4) is 0 Å². The number of hydrogen-bond donors (Lipinski definition) is 1. The van der Waals surface area contributed by atoms with Gasteiger partial charge in [-0.25, -0.2) is 0 Å². The van der Waals surface area contributed by atoms with Gasteiger partial charge in [0.05, 0.1) is 15.7 Å². The topological polar surface area (TPSA) is 42.1 Å². The van der Waals surface area contributed by atoms with Crippen molar-refractivity contribution >= 4 is 34.5 Å². The van der Waals surface area contributed by atoms with Gasteiger partial charge in [0, 0.05) is 31.9 Å². The zero-order valence-corrected chi connectivity index (χ0v) is 10.2. The van der Waals surface area contributed by atoms with E-state index in [4.69, 9.17) is 29.6 Å². The average molecular weight is 244 g/mol. The second-order valence-corrected chi connectivity index (χ2v) is 4.05. The molecule has 0 fully saturated rings. The van der Waals surface area contributed by atoms with Gasteiger partial charge in [-0.05, 0) is 13.0 Å². The highest BCUT2D eigenvalue weighted by Crippen LogP contribution is 2.23. The minimum Gasteiger partial charge on any atom is -0.393 e. The Bertz CT molecular complexity index is 343. The molecule has 0 spiro atoms. The van der Waals surface area contributed by atoms with Gasteiger partial charge in [-0.3, -0.25) is 4.98 Å². The molecule has 1 aromatic heterocycles. The Kier molecular flexibility index (Phi) is 4.78. The standard InChI is InChI=1S/C10H14ClN3S/c1-2-14(6-4-10(12)15)9-3-5-13-7-8(9)11/h3,5,7H,2,4,6H2,1H3,(H2,12,15). The minimum atomic E-state index is 0.527. The molecule has 15 heavy (non-hydrogen) atoms. The second kappa shape index (κ2) is 5.88. The first kappa shape index (κ1) is 12.2. The Morgan fingerprint density at radius 1 is 1.67 bits per heavy atom. The number of aromatic nitrogens is 1. The van der Waals surface area contributed by atoms with Crippen molar-refractivity contribution in [1.82, 2.24) is 4.98 Å². The molecule has 0 unspecified atom stereocenters. The lowest BCUT2D eigenvalue weighted by Gasteiger charge is -2.23. The highest BCUT2D eigenvalue weighted by atomic mass is 35.5. The fourth-order valence-electron chi connectivity index (χ4n) is 1.32. The zero-order valence-electron chi connectivity index (χ0n) is 8.61. The number of hydrogen-bond acceptors (Lipinski definition) is 3. The monoisotopic (exact) mass is 243 g/mol. The first-order valence-corrected chi connectivity index (χ1v) is 5.56. The van der Waals surface area contributed by atoms with E-state index in [1.54, 1.807) is 12.4 Å². The molecule has 0 radical (unpaired) electrons. The predicted molar refractivity (Wildman–Crippen MR) is 68.5 cm³/mol. The van der Waals surface area contributed by atoms with Crippen molar-refractivity contribution in [3.05, 3.63) is 23.5 Å². The van der Waals surface area contributed by atoms with Gasteiger partial charge < -0.3 is 10.6 Å². The average Bonchev–Trinajstić information content (AvgIpc) is 2.21. The van der Waals surface area contributed by atoms with Crippen LogP contribution in [0.25, 0.3) is 0 Å². The van der Waals surface area contributed by atoms with Crippen molar-refractivity contribution in [2.75, 3.05) is 18.0 Å². The van der Waals surface area contributed by atoms with Gasteiger partial charge >= 0.3 is 0 Å². The summed E-state index contributed by atoms with van der Waals surface area (Å²) in [6, 6.07) is 1.89. The van der Waals surface area contributed by atoms with E-state index in [2.05, 4.69) is 16.8 Å². The minimum absolute atomic E-state index is 0.527. The molecule has 1 rings (SSSR count). The fraction of sp³-hybridized carbons (Fsp3) is 0.400. The van der Waals surface area contributed by atoms with Crippen LogP contribution in [0.15, 0.2) is 18.5 Å². The summed E-state index contributed by atoms with van der Waals surface area (Å²) < 4.78 is 0. The molecule has 0 aliphatic rings. The van der Waals surface area contributed by atoms with E-state index in [-0.39, 0.29) is 0 Å². The van der Waals surface area contributed by atoms with Crippen molar-refractivity contribution in [2.45, 2.75) is 13.3 Å². The Morgan fingerprint density at radius 2 is 2.40 bits per heavy atom. The summed E-state index contributed by atoms with van der Waals surface area (Å²) in [4.78, 5) is 6.60. The van der Waals surface area contributed by atoms with E-state index in [9.17, 15) is 0 Å². The van der Waals surface area contributed by atoms with Crippen LogP contribution in [-0.4, -0.2) is 23.1 Å². The van der Waals surface area contributed by atoms with E-state index < -0.39 is 0 Å². The molecular weight excluding hydrogens is 230 g/mol. The van der Waals surface area contributed by atoms with Gasteiger partial charge in [-0.15, -0.1) is 0 Å². The summed E-state index contributed by atoms with van der Waals surface area (Å²) >= 11 is 10.9. The fourth-order valence-corrected chi connectivity index (χ4v) is 1.65. The summed E-state index contributed by atoms with van der Waals surface area (Å²) in [7, 11) is 0. The largest absolute Gasteiger partial charge is 0.393 e. The summed E-state index contributed by atoms with van der Waals surface area (Å²) in [6.07, 6.45) is 4.06. The summed E-state index contributed by atoms with van der Waals surface area (Å²) in [6.45, 7) is 3.72. The second-order valence-electron chi connectivity index (χ2n) is 3.12. The summed E-state index contributed by atoms with van der Waals surface area (Å²) in [5, 5.41) is 0.655. The number of pyridine rings is 1. The van der Waals surface area contributed by atoms with Gasteiger partial charge in [0.15, 0.2) is 0 Å². The molecule has 0 saturated heterocycles. The molecular formula is C10H14ClN3S. The van der Waals surface area contributed by atoms with Crippen LogP contribution < -0.4 is 10.6 Å². The lowest BCUT2D eigenvalue weighted by atomic mass is 10.3. The smallest absolute Gasteiger partial charge is 0.0822 e. The van der Waals surface area contributed by atoms with Gasteiger partial charge in [0.2, 0.25) is 0 Å². The number of halogens is 1. The van der Waals surface area contributed by atoms with Crippen LogP contribution >= 0.6 is 23.8 Å². The van der Waals surface area contributed by atoms with Crippen molar-refractivity contribution in [3.8, 4) is 0 Å². The molecule has 5 heteroatoms. The first-order valence-electron chi connectivity index (χ1n) is 4.78. The van der Waals surface area contributed by atoms with Crippen LogP contribution in [0.5, 0.6) is 0 Å². The maximum Gasteiger partial charge on any atom is 0.0822 e. The maximum absolute atomic E-state index is 6.04. The van der Waals surface area contributed by atoms with Crippen molar-refractivity contribution in [2.24, 2.45) is 5.73 Å². The molecule has 1 aromatic rings. The Labute approximate surface area is 100 Å². The van der Waals surface area contributed by atoms with E-state index in [0.29, 0.717) is 16.4 Å². The Balaban J connectivity index is 2.74. The molecule has 1 heterocycles. The molecule has 0 bridgehead atoms. The number of thiocarbonyl (C=S) groups is 1. The summed E-state index contributed by atoms with van der Waals surface area (Å²) in [5.74, 6) is 0. The number of rotatable bonds is 5. The third-order valence-electron chi connectivity index (χ3n) is 2.10. The van der Waals surface area contributed by atoms with Gasteiger partial charge in [0.1, 0.15) is 0 Å². The van der Waals surface area contributed by atoms with E-state index in [1.165, 1.54) is 0 Å². The van der Waals surface area contributed by atoms with Crippen LogP contribution in [0.1, 0.15) is 13.3 Å². The van der Waals surface area contributed by atoms with Crippen molar-refractivity contribution in [1.29, 1.82) is 0 Å². The predicted octanol–water partition coefficient (Wildman–Crippen LogP) is 2.24. The van der Waals surface area contributed by atoms with Crippen LogP contribution in [0.2, 0.25) is 5.02 Å². The number of nitrogens with two attached hydrogens (primary N) is 1. The molecule has 0 saturated carbocycles. The zero-order chi connectivity index (χ0) is 11.3. The third kappa shape index (κ3) is 3.64. The van der Waals surface area contributed by atoms with Crippen molar-refractivity contribution < 1.29 is 0 Å². The molecule has 0 aliphatic heterocycles. The lowest BCUT2D eigenvalue weighted by Crippen LogP contribution is -2.27. The van der Waals surface area contributed by atoms with Crippen molar-refractivity contribution in [3.63, 3.8) is 0 Å². The normalized spacial score (nSPS) is 10.0. The molecule has 0 aromatic carbocycles. The van der Waals surface area contributed by atoms with E-state index >= 15 is 0 Å². The Morgan fingerprint density at radius 3 is 2.93 bits per heavy atom. The molecule has 2 N–H and O–H groups in total. The molecule has 0 aliphatic carbocycles. The van der Waals surface area contributed by atoms with Gasteiger partial charge in [0.25, 0.3) is 0 Å².